The highest BCUT2D eigenvalue weighted by atomic mass is 79.9. The summed E-state index contributed by atoms with van der Waals surface area (Å²) < 4.78 is 14.0. The van der Waals surface area contributed by atoms with Gasteiger partial charge in [-0.2, -0.15) is 0 Å². The molecule has 0 saturated heterocycles. The molecule has 3 nitrogen and oxygen atoms in total. The van der Waals surface area contributed by atoms with E-state index in [1.165, 1.54) is 12.1 Å². The molecule has 1 N–H and O–H groups in total. The van der Waals surface area contributed by atoms with Crippen LogP contribution in [0.2, 0.25) is 0 Å². The first-order chi connectivity index (χ1) is 10.9. The second kappa shape index (κ2) is 7.70. The van der Waals surface area contributed by atoms with Crippen LogP contribution in [0.4, 0.5) is 10.1 Å². The normalized spacial score (nSPS) is 12.3. The third-order valence-electron chi connectivity index (χ3n) is 3.87. The van der Waals surface area contributed by atoms with E-state index in [0.29, 0.717) is 0 Å². The number of hydrogen-bond donors (Lipinski definition) is 1. The van der Waals surface area contributed by atoms with E-state index < -0.39 is 0 Å². The van der Waals surface area contributed by atoms with Crippen LogP contribution >= 0.6 is 15.9 Å². The van der Waals surface area contributed by atoms with Gasteiger partial charge in [0.2, 0.25) is 5.91 Å². The van der Waals surface area contributed by atoms with Gasteiger partial charge in [0.1, 0.15) is 5.82 Å². The largest absolute Gasteiger partial charge is 0.325 e. The predicted molar refractivity (Wildman–Crippen MR) is 95.0 cm³/mol. The Morgan fingerprint density at radius 1 is 1.26 bits per heavy atom. The predicted octanol–water partition coefficient (Wildman–Crippen LogP) is 4.53. The fourth-order valence-electron chi connectivity index (χ4n) is 2.32. The molecule has 0 unspecified atom stereocenters. The maximum Gasteiger partial charge on any atom is 0.238 e. The molecule has 2 aromatic rings. The SMILES string of the molecule is Cc1cc(Br)ccc1NC(=O)CN(C)[C@@H](C)c1ccc(F)cc1. The van der Waals surface area contributed by atoms with Gasteiger partial charge in [-0.1, -0.05) is 28.1 Å². The lowest BCUT2D eigenvalue weighted by Crippen LogP contribution is -2.32. The summed E-state index contributed by atoms with van der Waals surface area (Å²) in [6, 6.07) is 12.1. The second-order valence-corrected chi connectivity index (χ2v) is 6.57. The highest BCUT2D eigenvalue weighted by Gasteiger charge is 2.15. The standard InChI is InChI=1S/C18H20BrFN2O/c1-12-10-15(19)6-9-17(12)21-18(23)11-22(3)13(2)14-4-7-16(20)8-5-14/h4-10,13H,11H2,1-3H3,(H,21,23)/t13-/m0/s1. The molecule has 0 aromatic heterocycles. The molecule has 5 heteroatoms. The van der Waals surface area contributed by atoms with Crippen molar-refractivity contribution in [2.75, 3.05) is 18.9 Å². The third kappa shape index (κ3) is 4.88. The fourth-order valence-corrected chi connectivity index (χ4v) is 2.79. The van der Waals surface area contributed by atoms with Gasteiger partial charge in [-0.05, 0) is 62.4 Å². The summed E-state index contributed by atoms with van der Waals surface area (Å²) in [4.78, 5) is 14.2. The Labute approximate surface area is 144 Å². The minimum absolute atomic E-state index is 0.0207. The van der Waals surface area contributed by atoms with Gasteiger partial charge in [-0.3, -0.25) is 9.69 Å². The summed E-state index contributed by atoms with van der Waals surface area (Å²) in [5.41, 5.74) is 2.78. The average molecular weight is 379 g/mol. The number of rotatable bonds is 5. The maximum atomic E-state index is 13.0. The highest BCUT2D eigenvalue weighted by Crippen LogP contribution is 2.21. The van der Waals surface area contributed by atoms with Gasteiger partial charge >= 0.3 is 0 Å². The van der Waals surface area contributed by atoms with E-state index in [2.05, 4.69) is 21.2 Å². The molecule has 23 heavy (non-hydrogen) atoms. The third-order valence-corrected chi connectivity index (χ3v) is 4.36. The van der Waals surface area contributed by atoms with E-state index in [9.17, 15) is 9.18 Å². The molecule has 1 atom stereocenters. The molecule has 0 aliphatic rings. The van der Waals surface area contributed by atoms with E-state index in [1.54, 1.807) is 12.1 Å². The quantitative estimate of drug-likeness (QED) is 0.828. The number of likely N-dealkylation sites (N-methyl/N-ethyl adjacent to an activating group) is 1. The van der Waals surface area contributed by atoms with Gasteiger partial charge in [0.15, 0.2) is 0 Å². The molecule has 0 fully saturated rings. The molecule has 0 spiro atoms. The number of carbonyl (C=O) groups excluding carboxylic acids is 1. The average Bonchev–Trinajstić information content (AvgIpc) is 2.50. The van der Waals surface area contributed by atoms with Crippen LogP contribution < -0.4 is 5.32 Å². The zero-order valence-electron chi connectivity index (χ0n) is 13.4. The van der Waals surface area contributed by atoms with Crippen molar-refractivity contribution in [1.82, 2.24) is 4.90 Å². The van der Waals surface area contributed by atoms with E-state index in [1.807, 2.05) is 44.0 Å². The first-order valence-corrected chi connectivity index (χ1v) is 8.18. The second-order valence-electron chi connectivity index (χ2n) is 5.65. The minimum atomic E-state index is -0.257. The zero-order valence-corrected chi connectivity index (χ0v) is 15.0. The van der Waals surface area contributed by atoms with Crippen LogP contribution in [0.15, 0.2) is 46.9 Å². The molecule has 122 valence electrons. The first kappa shape index (κ1) is 17.6. The van der Waals surface area contributed by atoms with Crippen LogP contribution in [0.5, 0.6) is 0 Å². The van der Waals surface area contributed by atoms with Gasteiger partial charge in [0.25, 0.3) is 0 Å². The molecule has 0 radical (unpaired) electrons. The van der Waals surface area contributed by atoms with E-state index in [-0.39, 0.29) is 24.3 Å². The van der Waals surface area contributed by atoms with Gasteiger partial charge in [0, 0.05) is 16.2 Å². The number of halogens is 2. The number of amides is 1. The molecule has 1 amide bonds. The van der Waals surface area contributed by atoms with Gasteiger partial charge in [-0.15, -0.1) is 0 Å². The molecule has 2 aromatic carbocycles. The minimum Gasteiger partial charge on any atom is -0.325 e. The van der Waals surface area contributed by atoms with E-state index >= 15 is 0 Å². The Kier molecular flexibility index (Phi) is 5.91. The lowest BCUT2D eigenvalue weighted by atomic mass is 10.1. The Balaban J connectivity index is 1.97. The van der Waals surface area contributed by atoms with Crippen LogP contribution in [0.1, 0.15) is 24.1 Å². The van der Waals surface area contributed by atoms with Gasteiger partial charge < -0.3 is 5.32 Å². The van der Waals surface area contributed by atoms with E-state index in [4.69, 9.17) is 0 Å². The van der Waals surface area contributed by atoms with Crippen LogP contribution in [0.25, 0.3) is 0 Å². The highest BCUT2D eigenvalue weighted by molar-refractivity contribution is 9.10. The van der Waals surface area contributed by atoms with Gasteiger partial charge in [0.05, 0.1) is 6.54 Å². The van der Waals surface area contributed by atoms with Crippen molar-refractivity contribution in [2.24, 2.45) is 0 Å². The summed E-state index contributed by atoms with van der Waals surface area (Å²) in [6.07, 6.45) is 0. The van der Waals surface area contributed by atoms with Crippen molar-refractivity contribution in [3.63, 3.8) is 0 Å². The van der Waals surface area contributed by atoms with Crippen molar-refractivity contribution in [1.29, 1.82) is 0 Å². The zero-order chi connectivity index (χ0) is 17.0. The number of nitrogens with zero attached hydrogens (tertiary/aromatic N) is 1. The smallest absolute Gasteiger partial charge is 0.238 e. The Hall–Kier alpha value is -1.72. The molecular weight excluding hydrogens is 359 g/mol. The van der Waals surface area contributed by atoms with Crippen molar-refractivity contribution in [3.8, 4) is 0 Å². The van der Waals surface area contributed by atoms with Crippen molar-refractivity contribution in [3.05, 3.63) is 63.9 Å². The first-order valence-electron chi connectivity index (χ1n) is 7.38. The number of benzene rings is 2. The Morgan fingerprint density at radius 2 is 1.91 bits per heavy atom. The Bertz CT molecular complexity index is 688. The molecule has 0 aliphatic heterocycles. The Morgan fingerprint density at radius 3 is 2.52 bits per heavy atom. The summed E-state index contributed by atoms with van der Waals surface area (Å²) >= 11 is 3.41. The number of nitrogens with one attached hydrogen (secondary N) is 1. The molecule has 0 heterocycles. The lowest BCUT2D eigenvalue weighted by molar-refractivity contribution is -0.117. The van der Waals surface area contributed by atoms with E-state index in [0.717, 1.165) is 21.3 Å². The summed E-state index contributed by atoms with van der Waals surface area (Å²) in [7, 11) is 1.88. The van der Waals surface area contributed by atoms with Crippen molar-refractivity contribution >= 4 is 27.5 Å². The van der Waals surface area contributed by atoms with Crippen molar-refractivity contribution in [2.45, 2.75) is 19.9 Å². The monoisotopic (exact) mass is 378 g/mol. The molecule has 0 saturated carbocycles. The topological polar surface area (TPSA) is 32.3 Å². The molecular formula is C18H20BrFN2O. The number of aryl methyl sites for hydroxylation is 1. The molecule has 2 rings (SSSR count). The van der Waals surface area contributed by atoms with Crippen LogP contribution in [0.3, 0.4) is 0 Å². The van der Waals surface area contributed by atoms with Gasteiger partial charge in [-0.25, -0.2) is 4.39 Å². The summed E-state index contributed by atoms with van der Waals surface area (Å²) in [5, 5.41) is 2.92. The molecule has 0 aliphatic carbocycles. The fraction of sp³-hybridized carbons (Fsp3) is 0.278. The maximum absolute atomic E-state index is 13.0. The van der Waals surface area contributed by atoms with Crippen LogP contribution in [-0.4, -0.2) is 24.4 Å². The number of hydrogen-bond acceptors (Lipinski definition) is 2. The number of anilines is 1. The van der Waals surface area contributed by atoms with Crippen molar-refractivity contribution < 1.29 is 9.18 Å². The lowest BCUT2D eigenvalue weighted by Gasteiger charge is -2.24. The molecule has 0 bridgehead atoms. The van der Waals surface area contributed by atoms with Crippen LogP contribution in [-0.2, 0) is 4.79 Å². The number of carbonyl (C=O) groups is 1. The van der Waals surface area contributed by atoms with Crippen LogP contribution in [0, 0.1) is 12.7 Å². The summed E-state index contributed by atoms with van der Waals surface area (Å²) in [5.74, 6) is -0.334. The summed E-state index contributed by atoms with van der Waals surface area (Å²) in [6.45, 7) is 4.20.